The van der Waals surface area contributed by atoms with Crippen molar-refractivity contribution >= 4 is 28.3 Å². The number of thiazole rings is 1. The third-order valence-electron chi connectivity index (χ3n) is 3.45. The molecule has 5 nitrogen and oxygen atoms in total. The topological polar surface area (TPSA) is 71.1 Å². The Hall–Kier alpha value is -2.47. The van der Waals surface area contributed by atoms with Gasteiger partial charge in [0.2, 0.25) is 11.8 Å². The number of nitrogens with one attached hydrogen (secondary N) is 2. The number of nitrogens with zero attached hydrogens (tertiary/aromatic N) is 1. The first kappa shape index (κ1) is 17.9. The van der Waals surface area contributed by atoms with Crippen LogP contribution in [0.15, 0.2) is 42.3 Å². The maximum absolute atomic E-state index is 11.7. The van der Waals surface area contributed by atoms with Crippen LogP contribution in [-0.2, 0) is 9.59 Å². The van der Waals surface area contributed by atoms with Crippen LogP contribution in [0.5, 0.6) is 0 Å². The Morgan fingerprint density at radius 3 is 2.67 bits per heavy atom. The summed E-state index contributed by atoms with van der Waals surface area (Å²) in [7, 11) is 0. The third kappa shape index (κ3) is 5.03. The summed E-state index contributed by atoms with van der Waals surface area (Å²) in [5.41, 5.74) is 2.82. The van der Waals surface area contributed by atoms with Gasteiger partial charge in [-0.2, -0.15) is 0 Å². The van der Waals surface area contributed by atoms with Crippen molar-refractivity contribution in [3.8, 4) is 11.3 Å². The number of allylic oxidation sites excluding steroid dienone is 1. The summed E-state index contributed by atoms with van der Waals surface area (Å²) in [6.07, 6.45) is 2.78. The number of hydrogen-bond donors (Lipinski definition) is 2. The zero-order chi connectivity index (χ0) is 17.5. The molecule has 1 heterocycles. The largest absolute Gasteiger partial charge is 0.350 e. The molecule has 126 valence electrons. The van der Waals surface area contributed by atoms with Crippen LogP contribution >= 0.6 is 11.3 Å². The van der Waals surface area contributed by atoms with Crippen molar-refractivity contribution in [1.29, 1.82) is 0 Å². The van der Waals surface area contributed by atoms with Crippen LogP contribution < -0.4 is 10.6 Å². The molecule has 0 aliphatic carbocycles. The van der Waals surface area contributed by atoms with Crippen molar-refractivity contribution in [2.45, 2.75) is 32.7 Å². The van der Waals surface area contributed by atoms with Crippen molar-refractivity contribution in [3.63, 3.8) is 0 Å². The van der Waals surface area contributed by atoms with Crippen LogP contribution in [0.25, 0.3) is 11.3 Å². The van der Waals surface area contributed by atoms with E-state index in [1.54, 1.807) is 6.08 Å². The molecule has 6 heteroatoms. The van der Waals surface area contributed by atoms with E-state index in [-0.39, 0.29) is 17.9 Å². The minimum Gasteiger partial charge on any atom is -0.350 e. The number of benzene rings is 1. The van der Waals surface area contributed by atoms with Gasteiger partial charge in [-0.15, -0.1) is 17.9 Å². The fraction of sp³-hybridized carbons (Fsp3) is 0.278. The molecular weight excluding hydrogens is 322 g/mol. The van der Waals surface area contributed by atoms with E-state index in [9.17, 15) is 9.59 Å². The molecule has 1 atom stereocenters. The smallest absolute Gasteiger partial charge is 0.226 e. The van der Waals surface area contributed by atoms with Gasteiger partial charge in [0.15, 0.2) is 5.13 Å². The van der Waals surface area contributed by atoms with Gasteiger partial charge >= 0.3 is 0 Å². The van der Waals surface area contributed by atoms with Crippen LogP contribution in [0.2, 0.25) is 0 Å². The average molecular weight is 343 g/mol. The summed E-state index contributed by atoms with van der Waals surface area (Å²) in [6, 6.07) is 7.83. The van der Waals surface area contributed by atoms with E-state index in [0.717, 1.165) is 16.8 Å². The molecule has 0 radical (unpaired) electrons. The monoisotopic (exact) mass is 343 g/mol. The quantitative estimate of drug-likeness (QED) is 0.749. The highest BCUT2D eigenvalue weighted by Crippen LogP contribution is 2.26. The number of hydrogen-bond acceptors (Lipinski definition) is 4. The molecule has 0 spiro atoms. The fourth-order valence-corrected chi connectivity index (χ4v) is 2.95. The van der Waals surface area contributed by atoms with Crippen molar-refractivity contribution in [1.82, 2.24) is 10.3 Å². The molecule has 0 bridgehead atoms. The molecule has 0 aliphatic rings. The van der Waals surface area contributed by atoms with Crippen molar-refractivity contribution in [2.75, 3.05) is 5.32 Å². The summed E-state index contributed by atoms with van der Waals surface area (Å²) in [4.78, 5) is 27.3. The second kappa shape index (κ2) is 8.40. The molecule has 1 aromatic heterocycles. The normalized spacial score (nSPS) is 11.6. The Balaban J connectivity index is 2.03. The maximum atomic E-state index is 11.7. The fourth-order valence-electron chi connectivity index (χ4n) is 2.21. The molecule has 0 aliphatic heterocycles. The van der Waals surface area contributed by atoms with Crippen LogP contribution in [0.1, 0.15) is 38.3 Å². The number of carbonyl (C=O) groups is 2. The minimum atomic E-state index is -0.0599. The summed E-state index contributed by atoms with van der Waals surface area (Å²) in [5, 5.41) is 8.15. The van der Waals surface area contributed by atoms with E-state index in [1.807, 2.05) is 36.6 Å². The van der Waals surface area contributed by atoms with E-state index in [1.165, 1.54) is 18.3 Å². The molecule has 2 amide bonds. The molecule has 24 heavy (non-hydrogen) atoms. The third-order valence-corrected chi connectivity index (χ3v) is 4.21. The lowest BCUT2D eigenvalue weighted by molar-refractivity contribution is -0.119. The lowest BCUT2D eigenvalue weighted by Crippen LogP contribution is -2.23. The summed E-state index contributed by atoms with van der Waals surface area (Å²) < 4.78 is 0. The van der Waals surface area contributed by atoms with E-state index in [0.29, 0.717) is 18.0 Å². The highest BCUT2D eigenvalue weighted by atomic mass is 32.1. The molecular formula is C18H21N3O2S. The molecule has 2 N–H and O–H groups in total. The lowest BCUT2D eigenvalue weighted by Gasteiger charge is -2.12. The Morgan fingerprint density at radius 2 is 2.04 bits per heavy atom. The number of anilines is 1. The van der Waals surface area contributed by atoms with Crippen LogP contribution in [0, 0.1) is 0 Å². The maximum Gasteiger partial charge on any atom is 0.226 e. The highest BCUT2D eigenvalue weighted by molar-refractivity contribution is 7.14. The molecule has 0 unspecified atom stereocenters. The van der Waals surface area contributed by atoms with Crippen LogP contribution in [0.3, 0.4) is 0 Å². The van der Waals surface area contributed by atoms with Gasteiger partial charge in [0, 0.05) is 24.3 Å². The Kier molecular flexibility index (Phi) is 6.26. The Morgan fingerprint density at radius 1 is 1.33 bits per heavy atom. The van der Waals surface area contributed by atoms with Crippen LogP contribution in [-0.4, -0.2) is 16.8 Å². The molecule has 0 fully saturated rings. The first-order valence-electron chi connectivity index (χ1n) is 7.73. The molecule has 2 aromatic rings. The minimum absolute atomic E-state index is 0.0355. The van der Waals surface area contributed by atoms with Gasteiger partial charge in [0.25, 0.3) is 0 Å². The second-order valence-corrected chi connectivity index (χ2v) is 6.32. The van der Waals surface area contributed by atoms with E-state index in [2.05, 4.69) is 22.2 Å². The van der Waals surface area contributed by atoms with Gasteiger partial charge in [0.1, 0.15) is 0 Å². The van der Waals surface area contributed by atoms with Crippen molar-refractivity contribution < 1.29 is 9.59 Å². The van der Waals surface area contributed by atoms with Gasteiger partial charge in [-0.05, 0) is 18.9 Å². The first-order valence-corrected chi connectivity index (χ1v) is 8.61. The zero-order valence-electron chi connectivity index (χ0n) is 13.8. The molecule has 2 rings (SSSR count). The highest BCUT2D eigenvalue weighted by Gasteiger charge is 2.10. The predicted molar refractivity (Wildman–Crippen MR) is 97.8 cm³/mol. The van der Waals surface area contributed by atoms with Gasteiger partial charge in [-0.1, -0.05) is 30.3 Å². The number of rotatable bonds is 7. The second-order valence-electron chi connectivity index (χ2n) is 5.46. The van der Waals surface area contributed by atoms with Gasteiger partial charge in [-0.25, -0.2) is 4.98 Å². The summed E-state index contributed by atoms with van der Waals surface area (Å²) >= 11 is 1.40. The zero-order valence-corrected chi connectivity index (χ0v) is 14.7. The SMILES string of the molecule is C=CCCC(=O)Nc1nc(-c2ccc([C@@H](C)NC(C)=O)cc2)cs1. The van der Waals surface area contributed by atoms with Gasteiger partial charge < -0.3 is 10.6 Å². The van der Waals surface area contributed by atoms with Gasteiger partial charge in [-0.3, -0.25) is 9.59 Å². The van der Waals surface area contributed by atoms with Crippen molar-refractivity contribution in [3.05, 3.63) is 47.9 Å². The first-order chi connectivity index (χ1) is 11.5. The standard InChI is InChI=1S/C18H21N3O2S/c1-4-5-6-17(23)21-18-20-16(11-24-18)15-9-7-14(8-10-15)12(2)19-13(3)22/h4,7-12H,1,5-6H2,2-3H3,(H,19,22)(H,20,21,23)/t12-/m1/s1. The number of aromatic nitrogens is 1. The predicted octanol–water partition coefficient (Wildman–Crippen LogP) is 3.91. The molecule has 0 saturated carbocycles. The number of amides is 2. The van der Waals surface area contributed by atoms with Gasteiger partial charge in [0.05, 0.1) is 11.7 Å². The van der Waals surface area contributed by atoms with E-state index < -0.39 is 0 Å². The molecule has 0 saturated heterocycles. The Labute approximate surface area is 145 Å². The number of carbonyl (C=O) groups excluding carboxylic acids is 2. The van der Waals surface area contributed by atoms with E-state index >= 15 is 0 Å². The van der Waals surface area contributed by atoms with E-state index in [4.69, 9.17) is 0 Å². The molecule has 1 aromatic carbocycles. The lowest BCUT2D eigenvalue weighted by atomic mass is 10.1. The van der Waals surface area contributed by atoms with Crippen molar-refractivity contribution in [2.24, 2.45) is 0 Å². The summed E-state index contributed by atoms with van der Waals surface area (Å²) in [6.45, 7) is 7.05. The summed E-state index contributed by atoms with van der Waals surface area (Å²) in [5.74, 6) is -0.113. The Bertz CT molecular complexity index is 722. The average Bonchev–Trinajstić information content (AvgIpc) is 3.01. The van der Waals surface area contributed by atoms with Crippen LogP contribution in [0.4, 0.5) is 5.13 Å².